The molecular weight excluding hydrogens is 232 g/mol. The molecule has 2 N–H and O–H groups in total. The Morgan fingerprint density at radius 3 is 2.78 bits per heavy atom. The Labute approximate surface area is 104 Å². The van der Waals surface area contributed by atoms with Gasteiger partial charge in [-0.25, -0.2) is 9.97 Å². The first kappa shape index (κ1) is 11.9. The third-order valence-electron chi connectivity index (χ3n) is 2.09. The van der Waals surface area contributed by atoms with E-state index in [0.29, 0.717) is 5.56 Å². The van der Waals surface area contributed by atoms with Crippen LogP contribution in [0.4, 0.5) is 11.8 Å². The molecule has 0 bridgehead atoms. The van der Waals surface area contributed by atoms with E-state index >= 15 is 0 Å². The highest BCUT2D eigenvalue weighted by Crippen LogP contribution is 2.06. The maximum Gasteiger partial charge on any atom is 0.259 e. The maximum absolute atomic E-state index is 11.8. The number of rotatable bonds is 4. The molecule has 0 aliphatic carbocycles. The Kier molecular flexibility index (Phi) is 3.75. The van der Waals surface area contributed by atoms with Gasteiger partial charge < -0.3 is 5.32 Å². The van der Waals surface area contributed by atoms with E-state index in [1.165, 1.54) is 18.6 Å². The number of pyridine rings is 1. The summed E-state index contributed by atoms with van der Waals surface area (Å²) >= 11 is 0. The van der Waals surface area contributed by atoms with Crippen molar-refractivity contribution >= 4 is 17.7 Å². The first-order chi connectivity index (χ1) is 8.79. The largest absolute Gasteiger partial charge is 0.370 e. The number of carbonyl (C=O) groups excluding carboxylic acids is 1. The van der Waals surface area contributed by atoms with E-state index in [4.69, 9.17) is 0 Å². The number of carbonyl (C=O) groups is 1. The van der Waals surface area contributed by atoms with Crippen LogP contribution in [0.15, 0.2) is 30.7 Å². The van der Waals surface area contributed by atoms with Gasteiger partial charge in [-0.05, 0) is 19.1 Å². The second-order valence-electron chi connectivity index (χ2n) is 3.38. The number of hydrogen-bond donors (Lipinski definition) is 2. The molecule has 0 aromatic carbocycles. The van der Waals surface area contributed by atoms with Crippen molar-refractivity contribution in [3.63, 3.8) is 0 Å². The molecule has 0 aliphatic heterocycles. The Bertz CT molecular complexity index is 513. The smallest absolute Gasteiger partial charge is 0.259 e. The number of nitrogens with one attached hydrogen (secondary N) is 2. The van der Waals surface area contributed by atoms with Crippen LogP contribution in [-0.2, 0) is 0 Å². The number of amides is 1. The number of aromatic nitrogens is 4. The van der Waals surface area contributed by atoms with Crippen molar-refractivity contribution in [2.24, 2.45) is 0 Å². The van der Waals surface area contributed by atoms with Gasteiger partial charge in [0.15, 0.2) is 0 Å². The molecule has 2 aromatic heterocycles. The van der Waals surface area contributed by atoms with Crippen molar-refractivity contribution in [3.05, 3.63) is 36.3 Å². The van der Waals surface area contributed by atoms with E-state index in [9.17, 15) is 4.79 Å². The monoisotopic (exact) mass is 244 g/mol. The molecule has 0 unspecified atom stereocenters. The molecule has 2 heterocycles. The fraction of sp³-hybridized carbons (Fsp3) is 0.182. The van der Waals surface area contributed by atoms with Gasteiger partial charge in [0.05, 0.1) is 18.0 Å². The predicted octanol–water partition coefficient (Wildman–Crippen LogP) is 0.951. The minimum atomic E-state index is -0.321. The Hall–Kier alpha value is -2.57. The van der Waals surface area contributed by atoms with Gasteiger partial charge in [0.25, 0.3) is 5.91 Å². The topological polar surface area (TPSA) is 92.7 Å². The van der Waals surface area contributed by atoms with Gasteiger partial charge in [0.2, 0.25) is 5.95 Å². The summed E-state index contributed by atoms with van der Waals surface area (Å²) < 4.78 is 0. The Balaban J connectivity index is 2.05. The van der Waals surface area contributed by atoms with E-state index in [1.54, 1.807) is 12.1 Å². The highest BCUT2D eigenvalue weighted by atomic mass is 16.1. The molecule has 0 atom stereocenters. The van der Waals surface area contributed by atoms with Gasteiger partial charge in [-0.3, -0.25) is 10.1 Å². The molecule has 0 saturated heterocycles. The first-order valence-corrected chi connectivity index (χ1v) is 5.44. The van der Waals surface area contributed by atoms with Crippen molar-refractivity contribution in [2.45, 2.75) is 6.92 Å². The lowest BCUT2D eigenvalue weighted by Crippen LogP contribution is -2.14. The van der Waals surface area contributed by atoms with Crippen LogP contribution in [-0.4, -0.2) is 32.6 Å². The van der Waals surface area contributed by atoms with Gasteiger partial charge in [0, 0.05) is 12.7 Å². The van der Waals surface area contributed by atoms with Crippen molar-refractivity contribution in [1.29, 1.82) is 0 Å². The molecule has 2 aromatic rings. The van der Waals surface area contributed by atoms with Crippen LogP contribution in [0.1, 0.15) is 17.3 Å². The third kappa shape index (κ3) is 2.97. The molecule has 0 aliphatic rings. The molecule has 0 fully saturated rings. The van der Waals surface area contributed by atoms with E-state index in [1.807, 2.05) is 6.92 Å². The Morgan fingerprint density at radius 2 is 2.17 bits per heavy atom. The molecule has 0 spiro atoms. The quantitative estimate of drug-likeness (QED) is 0.831. The second-order valence-corrected chi connectivity index (χ2v) is 3.38. The van der Waals surface area contributed by atoms with Crippen molar-refractivity contribution in [3.8, 4) is 0 Å². The fourth-order valence-electron chi connectivity index (χ4n) is 1.29. The third-order valence-corrected chi connectivity index (χ3v) is 2.09. The van der Waals surface area contributed by atoms with Crippen molar-refractivity contribution < 1.29 is 4.79 Å². The zero-order valence-electron chi connectivity index (χ0n) is 9.79. The van der Waals surface area contributed by atoms with Crippen molar-refractivity contribution in [1.82, 2.24) is 20.2 Å². The van der Waals surface area contributed by atoms with Gasteiger partial charge in [-0.15, -0.1) is 5.10 Å². The van der Waals surface area contributed by atoms with E-state index < -0.39 is 0 Å². The molecule has 92 valence electrons. The first-order valence-electron chi connectivity index (χ1n) is 5.44. The highest BCUT2D eigenvalue weighted by molar-refractivity contribution is 6.03. The van der Waals surface area contributed by atoms with Gasteiger partial charge >= 0.3 is 0 Å². The summed E-state index contributed by atoms with van der Waals surface area (Å²) in [5.41, 5.74) is 0.434. The minimum Gasteiger partial charge on any atom is -0.370 e. The lowest BCUT2D eigenvalue weighted by Gasteiger charge is -2.04. The average molecular weight is 244 g/mol. The Morgan fingerprint density at radius 1 is 1.28 bits per heavy atom. The molecule has 0 saturated carbocycles. The van der Waals surface area contributed by atoms with Gasteiger partial charge in [-0.2, -0.15) is 5.10 Å². The van der Waals surface area contributed by atoms with Crippen LogP contribution in [0.2, 0.25) is 0 Å². The molecule has 1 amide bonds. The molecule has 2 rings (SSSR count). The molecule has 0 radical (unpaired) electrons. The summed E-state index contributed by atoms with van der Waals surface area (Å²) in [5, 5.41) is 12.9. The summed E-state index contributed by atoms with van der Waals surface area (Å²) in [7, 11) is 0. The lowest BCUT2D eigenvalue weighted by atomic mass is 10.2. The van der Waals surface area contributed by atoms with Crippen LogP contribution < -0.4 is 10.6 Å². The van der Waals surface area contributed by atoms with Crippen LogP contribution in [0.3, 0.4) is 0 Å². The van der Waals surface area contributed by atoms with Crippen LogP contribution in [0.25, 0.3) is 0 Å². The lowest BCUT2D eigenvalue weighted by molar-refractivity contribution is 0.102. The number of hydrogen-bond acceptors (Lipinski definition) is 6. The van der Waals surface area contributed by atoms with Crippen LogP contribution >= 0.6 is 0 Å². The normalized spacial score (nSPS) is 9.83. The zero-order valence-corrected chi connectivity index (χ0v) is 9.79. The fourth-order valence-corrected chi connectivity index (χ4v) is 1.29. The maximum atomic E-state index is 11.8. The van der Waals surface area contributed by atoms with E-state index in [0.717, 1.165) is 12.4 Å². The summed E-state index contributed by atoms with van der Waals surface area (Å²) in [5.74, 6) is 0.573. The summed E-state index contributed by atoms with van der Waals surface area (Å²) in [6.45, 7) is 2.75. The predicted molar refractivity (Wildman–Crippen MR) is 66.2 cm³/mol. The van der Waals surface area contributed by atoms with E-state index in [2.05, 4.69) is 30.8 Å². The summed E-state index contributed by atoms with van der Waals surface area (Å²) in [6.07, 6.45) is 4.38. The minimum absolute atomic E-state index is 0.165. The second kappa shape index (κ2) is 5.67. The van der Waals surface area contributed by atoms with Crippen LogP contribution in [0.5, 0.6) is 0 Å². The van der Waals surface area contributed by atoms with Crippen molar-refractivity contribution in [2.75, 3.05) is 17.2 Å². The molecule has 7 nitrogen and oxygen atoms in total. The van der Waals surface area contributed by atoms with E-state index in [-0.39, 0.29) is 11.9 Å². The number of anilines is 2. The molecule has 18 heavy (non-hydrogen) atoms. The van der Waals surface area contributed by atoms with Crippen LogP contribution in [0, 0.1) is 0 Å². The average Bonchev–Trinajstić information content (AvgIpc) is 2.41. The highest BCUT2D eigenvalue weighted by Gasteiger charge is 2.07. The standard InChI is InChI=1S/C11H12N6O/c1-2-12-9-4-3-8(7-14-9)10(18)16-11-13-5-6-15-17-11/h3-7H,2H2,1H3,(H,12,14)(H,13,16,17,18). The zero-order chi connectivity index (χ0) is 12.8. The molecule has 7 heteroatoms. The molecular formula is C11H12N6O. The SMILES string of the molecule is CCNc1ccc(C(=O)Nc2nccnn2)cn1. The van der Waals surface area contributed by atoms with Gasteiger partial charge in [0.1, 0.15) is 5.82 Å². The van der Waals surface area contributed by atoms with Gasteiger partial charge in [-0.1, -0.05) is 0 Å². The summed E-state index contributed by atoms with van der Waals surface area (Å²) in [4.78, 5) is 19.8. The summed E-state index contributed by atoms with van der Waals surface area (Å²) in [6, 6.07) is 3.42. The number of nitrogens with zero attached hydrogens (tertiary/aromatic N) is 4.